The number of nitrogens with zero attached hydrogens (tertiary/aromatic N) is 2. The zero-order valence-corrected chi connectivity index (χ0v) is 16.8. The monoisotopic (exact) mass is 370 g/mol. The number of likely N-dealkylation sites (N-methyl/N-ethyl adjacent to an activating group) is 1. The van der Waals surface area contributed by atoms with Crippen molar-refractivity contribution in [3.05, 3.63) is 41.6 Å². The van der Waals surface area contributed by atoms with Gasteiger partial charge in [0, 0.05) is 36.5 Å². The molecule has 27 heavy (non-hydrogen) atoms. The molecule has 0 saturated carbocycles. The van der Waals surface area contributed by atoms with Crippen LogP contribution in [-0.4, -0.2) is 49.9 Å². The molecule has 0 aromatic heterocycles. The first-order valence-electron chi connectivity index (χ1n) is 9.81. The lowest BCUT2D eigenvalue weighted by Crippen LogP contribution is -2.41. The number of piperidine rings is 1. The lowest BCUT2D eigenvalue weighted by Gasteiger charge is -2.31. The number of hydrogen-bond donors (Lipinski definition) is 0. The molecule has 3 rings (SSSR count). The van der Waals surface area contributed by atoms with Crippen molar-refractivity contribution in [2.24, 2.45) is 5.92 Å². The Bertz CT molecular complexity index is 754. The van der Waals surface area contributed by atoms with Gasteiger partial charge in [0.15, 0.2) is 5.78 Å². The van der Waals surface area contributed by atoms with E-state index in [1.807, 2.05) is 26.1 Å². The van der Waals surface area contributed by atoms with Crippen LogP contribution in [-0.2, 0) is 19.7 Å². The van der Waals surface area contributed by atoms with Gasteiger partial charge >= 0.3 is 5.97 Å². The summed E-state index contributed by atoms with van der Waals surface area (Å²) in [5, 5.41) is 0. The molecule has 1 saturated heterocycles. The number of anilines is 1. The minimum absolute atomic E-state index is 0.0854. The van der Waals surface area contributed by atoms with Gasteiger partial charge in [-0.1, -0.05) is 32.0 Å². The fourth-order valence-corrected chi connectivity index (χ4v) is 4.33. The van der Waals surface area contributed by atoms with Gasteiger partial charge in [-0.15, -0.1) is 0 Å². The second-order valence-electron chi connectivity index (χ2n) is 8.02. The fourth-order valence-electron chi connectivity index (χ4n) is 4.33. The number of allylic oxidation sites excluding steroid dienone is 1. The Balaban J connectivity index is 1.69. The van der Waals surface area contributed by atoms with E-state index in [1.165, 1.54) is 5.56 Å². The van der Waals surface area contributed by atoms with Gasteiger partial charge in [-0.05, 0) is 37.9 Å². The number of para-hydroxylation sites is 1. The van der Waals surface area contributed by atoms with E-state index in [2.05, 4.69) is 35.8 Å². The largest absolute Gasteiger partial charge is 0.466 e. The van der Waals surface area contributed by atoms with E-state index in [9.17, 15) is 9.59 Å². The molecular weight excluding hydrogens is 340 g/mol. The highest BCUT2D eigenvalue weighted by atomic mass is 16.5. The molecule has 0 bridgehead atoms. The van der Waals surface area contributed by atoms with Crippen LogP contribution < -0.4 is 4.90 Å². The van der Waals surface area contributed by atoms with Crippen LogP contribution in [0.3, 0.4) is 0 Å². The molecule has 1 unspecified atom stereocenters. The molecule has 1 fully saturated rings. The van der Waals surface area contributed by atoms with Gasteiger partial charge in [-0.2, -0.15) is 0 Å². The molecule has 1 atom stereocenters. The molecule has 0 spiro atoms. The van der Waals surface area contributed by atoms with E-state index in [1.54, 1.807) is 6.08 Å². The summed E-state index contributed by atoms with van der Waals surface area (Å²) in [6, 6.07) is 8.30. The van der Waals surface area contributed by atoms with Crippen LogP contribution in [0.25, 0.3) is 0 Å². The number of fused-ring (bicyclic) bond motifs is 1. The van der Waals surface area contributed by atoms with E-state index >= 15 is 0 Å². The molecule has 5 heteroatoms. The molecule has 0 aliphatic carbocycles. The highest BCUT2D eigenvalue weighted by molar-refractivity contribution is 5.94. The van der Waals surface area contributed by atoms with Crippen molar-refractivity contribution in [1.82, 2.24) is 4.90 Å². The zero-order valence-electron chi connectivity index (χ0n) is 16.8. The van der Waals surface area contributed by atoms with E-state index in [0.717, 1.165) is 30.8 Å². The number of carbonyl (C=O) groups excluding carboxylic acids is 2. The molecule has 0 N–H and O–H groups in total. The van der Waals surface area contributed by atoms with Crippen LogP contribution in [0.4, 0.5) is 5.69 Å². The summed E-state index contributed by atoms with van der Waals surface area (Å²) in [6.07, 6.45) is 3.55. The Morgan fingerprint density at radius 2 is 2.04 bits per heavy atom. The van der Waals surface area contributed by atoms with Crippen LogP contribution >= 0.6 is 0 Å². The smallest absolute Gasteiger partial charge is 0.310 e. The maximum atomic E-state index is 12.8. The van der Waals surface area contributed by atoms with Crippen LogP contribution in [0.1, 0.15) is 39.2 Å². The molecule has 5 nitrogen and oxygen atoms in total. The van der Waals surface area contributed by atoms with Crippen molar-refractivity contribution >= 4 is 17.4 Å². The van der Waals surface area contributed by atoms with Crippen LogP contribution in [0.2, 0.25) is 0 Å². The molecule has 2 heterocycles. The normalized spacial score (nSPS) is 23.3. The molecule has 2 aliphatic heterocycles. The summed E-state index contributed by atoms with van der Waals surface area (Å²) < 4.78 is 5.15. The van der Waals surface area contributed by atoms with Crippen molar-refractivity contribution in [2.75, 3.05) is 38.2 Å². The Labute approximate surface area is 162 Å². The number of ketones is 1. The number of ether oxygens (including phenoxy) is 1. The number of likely N-dealkylation sites (tertiary alicyclic amines) is 1. The van der Waals surface area contributed by atoms with Crippen LogP contribution in [0.15, 0.2) is 36.0 Å². The molecule has 146 valence electrons. The number of rotatable bonds is 5. The van der Waals surface area contributed by atoms with Crippen molar-refractivity contribution < 1.29 is 14.3 Å². The summed E-state index contributed by atoms with van der Waals surface area (Å²) in [6.45, 7) is 8.35. The van der Waals surface area contributed by atoms with Crippen molar-refractivity contribution in [3.8, 4) is 0 Å². The Hall–Kier alpha value is -2.14. The number of benzene rings is 1. The Morgan fingerprint density at radius 3 is 2.74 bits per heavy atom. The molecule has 0 radical (unpaired) electrons. The Kier molecular flexibility index (Phi) is 5.70. The van der Waals surface area contributed by atoms with Crippen molar-refractivity contribution in [2.45, 2.75) is 39.0 Å². The lowest BCUT2D eigenvalue weighted by atomic mass is 9.83. The van der Waals surface area contributed by atoms with Crippen LogP contribution in [0, 0.1) is 5.92 Å². The van der Waals surface area contributed by atoms with E-state index in [0.29, 0.717) is 19.7 Å². The predicted octanol–water partition coefficient (Wildman–Crippen LogP) is 3.14. The molecule has 2 aliphatic rings. The second kappa shape index (κ2) is 7.85. The Morgan fingerprint density at radius 1 is 1.30 bits per heavy atom. The van der Waals surface area contributed by atoms with Gasteiger partial charge in [0.25, 0.3) is 0 Å². The molecule has 1 aromatic rings. The number of hydrogen-bond acceptors (Lipinski definition) is 5. The maximum absolute atomic E-state index is 12.8. The summed E-state index contributed by atoms with van der Waals surface area (Å²) in [5.74, 6) is -0.170. The predicted molar refractivity (Wildman–Crippen MR) is 107 cm³/mol. The molecular formula is C22H30N2O3. The highest BCUT2D eigenvalue weighted by Crippen LogP contribution is 2.46. The maximum Gasteiger partial charge on any atom is 0.310 e. The minimum atomic E-state index is -0.198. The van der Waals surface area contributed by atoms with Gasteiger partial charge in [0.2, 0.25) is 0 Å². The lowest BCUT2D eigenvalue weighted by molar-refractivity contribution is -0.150. The first-order chi connectivity index (χ1) is 12.8. The highest BCUT2D eigenvalue weighted by Gasteiger charge is 2.38. The van der Waals surface area contributed by atoms with E-state index < -0.39 is 0 Å². The van der Waals surface area contributed by atoms with E-state index in [-0.39, 0.29) is 23.1 Å². The topological polar surface area (TPSA) is 49.9 Å². The second-order valence-corrected chi connectivity index (χ2v) is 8.02. The van der Waals surface area contributed by atoms with E-state index in [4.69, 9.17) is 4.74 Å². The SMILES string of the molecule is CCOC(=O)C1CCCN(CC(=O)/C=C2/N(C)c3ccccc3C2(C)C)C1. The fraction of sp³-hybridized carbons (Fsp3) is 0.545. The van der Waals surface area contributed by atoms with Gasteiger partial charge in [-0.3, -0.25) is 14.5 Å². The summed E-state index contributed by atoms with van der Waals surface area (Å²) >= 11 is 0. The average molecular weight is 370 g/mol. The average Bonchev–Trinajstić information content (AvgIpc) is 2.83. The van der Waals surface area contributed by atoms with Crippen molar-refractivity contribution in [3.63, 3.8) is 0 Å². The summed E-state index contributed by atoms with van der Waals surface area (Å²) in [7, 11) is 2.02. The van der Waals surface area contributed by atoms with Crippen LogP contribution in [0.5, 0.6) is 0 Å². The third-order valence-corrected chi connectivity index (χ3v) is 5.74. The number of carbonyl (C=O) groups is 2. The third-order valence-electron chi connectivity index (χ3n) is 5.74. The zero-order chi connectivity index (χ0) is 19.6. The quantitative estimate of drug-likeness (QED) is 0.589. The first kappa shape index (κ1) is 19.6. The minimum Gasteiger partial charge on any atom is -0.466 e. The first-order valence-corrected chi connectivity index (χ1v) is 9.81. The molecule has 0 amide bonds. The van der Waals surface area contributed by atoms with Gasteiger partial charge in [0.1, 0.15) is 0 Å². The number of esters is 1. The third kappa shape index (κ3) is 3.93. The summed E-state index contributed by atoms with van der Waals surface area (Å²) in [4.78, 5) is 29.0. The van der Waals surface area contributed by atoms with Gasteiger partial charge < -0.3 is 9.64 Å². The summed E-state index contributed by atoms with van der Waals surface area (Å²) in [5.41, 5.74) is 3.22. The van der Waals surface area contributed by atoms with Crippen molar-refractivity contribution in [1.29, 1.82) is 0 Å². The van der Waals surface area contributed by atoms with Gasteiger partial charge in [-0.25, -0.2) is 0 Å². The molecule has 1 aromatic carbocycles. The standard InChI is InChI=1S/C22H30N2O3/c1-5-27-21(26)16-9-8-12-24(14-16)15-17(25)13-20-22(2,3)18-10-6-7-11-19(18)23(20)4/h6-7,10-11,13,16H,5,8-9,12,14-15H2,1-4H3/b20-13+. The van der Waals surface area contributed by atoms with Gasteiger partial charge in [0.05, 0.1) is 19.1 Å².